The van der Waals surface area contributed by atoms with Crippen LogP contribution in [0.3, 0.4) is 0 Å². The van der Waals surface area contributed by atoms with Gasteiger partial charge in [-0.3, -0.25) is 0 Å². The number of aromatic nitrogens is 2. The Balaban J connectivity index is 2.65. The van der Waals surface area contributed by atoms with E-state index in [1.165, 1.54) is 16.7 Å². The molecule has 0 aliphatic rings. The van der Waals surface area contributed by atoms with E-state index >= 15 is 0 Å². The molecule has 0 aliphatic heterocycles. The van der Waals surface area contributed by atoms with Gasteiger partial charge in [0.05, 0.1) is 5.69 Å². The summed E-state index contributed by atoms with van der Waals surface area (Å²) in [6, 6.07) is 8.34. The lowest BCUT2D eigenvalue weighted by Gasteiger charge is -2.22. The normalized spacial score (nSPS) is 11.5. The average Bonchev–Trinajstić information content (AvgIpc) is 2.28. The maximum atomic E-state index is 4.47. The van der Waals surface area contributed by atoms with Crippen molar-refractivity contribution in [1.29, 1.82) is 0 Å². The quantitative estimate of drug-likeness (QED) is 0.740. The Hall–Kier alpha value is -1.70. The Kier molecular flexibility index (Phi) is 2.97. The highest BCUT2D eigenvalue weighted by atomic mass is 14.8. The first kappa shape index (κ1) is 11.8. The van der Waals surface area contributed by atoms with Crippen molar-refractivity contribution < 1.29 is 0 Å². The van der Waals surface area contributed by atoms with Gasteiger partial charge in [-0.2, -0.15) is 0 Å². The van der Waals surface area contributed by atoms with E-state index < -0.39 is 0 Å². The van der Waals surface area contributed by atoms with Crippen LogP contribution < -0.4 is 0 Å². The van der Waals surface area contributed by atoms with Crippen molar-refractivity contribution in [1.82, 2.24) is 9.97 Å². The zero-order chi connectivity index (χ0) is 12.5. The van der Waals surface area contributed by atoms with E-state index in [0.717, 1.165) is 5.69 Å². The molecule has 0 amide bonds. The van der Waals surface area contributed by atoms with Crippen molar-refractivity contribution in [3.05, 3.63) is 47.9 Å². The zero-order valence-corrected chi connectivity index (χ0v) is 10.9. The number of aryl methyl sites for hydroxylation is 1. The first-order valence-electron chi connectivity index (χ1n) is 5.86. The molecule has 0 spiro atoms. The van der Waals surface area contributed by atoms with Crippen molar-refractivity contribution in [2.45, 2.75) is 33.1 Å². The van der Waals surface area contributed by atoms with Crippen LogP contribution in [0.5, 0.6) is 0 Å². The van der Waals surface area contributed by atoms with Crippen LogP contribution in [-0.4, -0.2) is 9.97 Å². The zero-order valence-electron chi connectivity index (χ0n) is 10.9. The molecule has 2 heteroatoms. The van der Waals surface area contributed by atoms with E-state index in [1.54, 1.807) is 6.33 Å². The highest BCUT2D eigenvalue weighted by molar-refractivity contribution is 5.67. The third-order valence-electron chi connectivity index (χ3n) is 2.92. The van der Waals surface area contributed by atoms with Crippen molar-refractivity contribution in [3.8, 4) is 11.3 Å². The Morgan fingerprint density at radius 1 is 1.06 bits per heavy atom. The van der Waals surface area contributed by atoms with Crippen molar-refractivity contribution >= 4 is 0 Å². The lowest BCUT2D eigenvalue weighted by Crippen LogP contribution is -2.14. The van der Waals surface area contributed by atoms with Crippen molar-refractivity contribution in [2.24, 2.45) is 0 Å². The monoisotopic (exact) mass is 226 g/mol. The minimum absolute atomic E-state index is 0.0544. The molecule has 0 aliphatic carbocycles. The fraction of sp³-hybridized carbons (Fsp3) is 0.333. The Labute approximate surface area is 103 Å². The molecule has 0 atom stereocenters. The topological polar surface area (TPSA) is 25.8 Å². The minimum Gasteiger partial charge on any atom is -0.244 e. The molecule has 0 N–H and O–H groups in total. The van der Waals surface area contributed by atoms with Gasteiger partial charge in [-0.1, -0.05) is 45.0 Å². The fourth-order valence-electron chi connectivity index (χ4n) is 1.93. The van der Waals surface area contributed by atoms with Crippen molar-refractivity contribution in [2.75, 3.05) is 0 Å². The number of hydrogen-bond acceptors (Lipinski definition) is 2. The second-order valence-corrected chi connectivity index (χ2v) is 5.35. The lowest BCUT2D eigenvalue weighted by molar-refractivity contribution is 0.586. The van der Waals surface area contributed by atoms with Crippen LogP contribution in [0, 0.1) is 6.92 Å². The van der Waals surface area contributed by atoms with Crippen LogP contribution in [0.4, 0.5) is 0 Å². The van der Waals surface area contributed by atoms with Gasteiger partial charge in [-0.25, -0.2) is 9.97 Å². The summed E-state index contributed by atoms with van der Waals surface area (Å²) in [6.45, 7) is 8.68. The molecular formula is C15H18N2. The molecule has 0 saturated heterocycles. The molecule has 2 rings (SSSR count). The molecule has 88 valence electrons. The summed E-state index contributed by atoms with van der Waals surface area (Å²) in [4.78, 5) is 8.62. The number of nitrogens with zero attached hydrogens (tertiary/aromatic N) is 2. The van der Waals surface area contributed by atoms with Gasteiger partial charge < -0.3 is 0 Å². The number of benzene rings is 1. The summed E-state index contributed by atoms with van der Waals surface area (Å²) < 4.78 is 0. The van der Waals surface area contributed by atoms with E-state index in [-0.39, 0.29) is 5.41 Å². The summed E-state index contributed by atoms with van der Waals surface area (Å²) >= 11 is 0. The third-order valence-corrected chi connectivity index (χ3v) is 2.92. The van der Waals surface area contributed by atoms with Crippen LogP contribution >= 0.6 is 0 Å². The van der Waals surface area contributed by atoms with E-state index in [0.29, 0.717) is 0 Å². The summed E-state index contributed by atoms with van der Waals surface area (Å²) in [5.74, 6) is 0. The number of rotatable bonds is 1. The predicted molar refractivity (Wildman–Crippen MR) is 70.9 cm³/mol. The van der Waals surface area contributed by atoms with Gasteiger partial charge >= 0.3 is 0 Å². The molecule has 0 fully saturated rings. The van der Waals surface area contributed by atoms with Gasteiger partial charge in [0.1, 0.15) is 6.33 Å². The second-order valence-electron chi connectivity index (χ2n) is 5.35. The molecule has 0 unspecified atom stereocenters. The Bertz CT molecular complexity index is 524. The van der Waals surface area contributed by atoms with Crippen molar-refractivity contribution in [3.63, 3.8) is 0 Å². The average molecular weight is 226 g/mol. The Morgan fingerprint density at radius 2 is 1.76 bits per heavy atom. The molecule has 1 aromatic heterocycles. The van der Waals surface area contributed by atoms with Crippen LogP contribution in [0.15, 0.2) is 36.8 Å². The smallest absolute Gasteiger partial charge is 0.116 e. The predicted octanol–water partition coefficient (Wildman–Crippen LogP) is 3.75. The summed E-state index contributed by atoms with van der Waals surface area (Å²) in [6.07, 6.45) is 3.55. The SMILES string of the molecule is Cc1ccccc1-c1ncncc1C(C)(C)C. The maximum absolute atomic E-state index is 4.47. The van der Waals surface area contributed by atoms with Crippen LogP contribution in [-0.2, 0) is 5.41 Å². The molecule has 17 heavy (non-hydrogen) atoms. The fourth-order valence-corrected chi connectivity index (χ4v) is 1.93. The van der Waals surface area contributed by atoms with Gasteiger partial charge in [-0.05, 0) is 17.9 Å². The Morgan fingerprint density at radius 3 is 2.41 bits per heavy atom. The first-order chi connectivity index (χ1) is 8.00. The molecular weight excluding hydrogens is 208 g/mol. The van der Waals surface area contributed by atoms with Gasteiger partial charge in [-0.15, -0.1) is 0 Å². The highest BCUT2D eigenvalue weighted by Gasteiger charge is 2.20. The standard InChI is InChI=1S/C15H18N2/c1-11-7-5-6-8-12(11)14-13(15(2,3)4)9-16-10-17-14/h5-10H,1-4H3. The summed E-state index contributed by atoms with van der Waals surface area (Å²) in [7, 11) is 0. The second kappa shape index (κ2) is 4.28. The number of hydrogen-bond donors (Lipinski definition) is 0. The molecule has 2 aromatic rings. The molecule has 0 saturated carbocycles. The molecule has 2 nitrogen and oxygen atoms in total. The molecule has 1 aromatic carbocycles. The summed E-state index contributed by atoms with van der Waals surface area (Å²) in [5, 5.41) is 0. The van der Waals surface area contributed by atoms with E-state index in [1.807, 2.05) is 6.20 Å². The molecule has 0 bridgehead atoms. The highest BCUT2D eigenvalue weighted by Crippen LogP contribution is 2.31. The van der Waals surface area contributed by atoms with Crippen LogP contribution in [0.25, 0.3) is 11.3 Å². The van der Waals surface area contributed by atoms with E-state index in [4.69, 9.17) is 0 Å². The first-order valence-corrected chi connectivity index (χ1v) is 5.86. The largest absolute Gasteiger partial charge is 0.244 e. The molecule has 1 heterocycles. The van der Waals surface area contributed by atoms with Gasteiger partial charge in [0, 0.05) is 17.3 Å². The molecule has 0 radical (unpaired) electrons. The maximum Gasteiger partial charge on any atom is 0.116 e. The van der Waals surface area contributed by atoms with Gasteiger partial charge in [0.2, 0.25) is 0 Å². The summed E-state index contributed by atoms with van der Waals surface area (Å²) in [5.41, 5.74) is 4.73. The van der Waals surface area contributed by atoms with Crippen LogP contribution in [0.2, 0.25) is 0 Å². The lowest BCUT2D eigenvalue weighted by atomic mass is 9.84. The van der Waals surface area contributed by atoms with Crippen LogP contribution in [0.1, 0.15) is 31.9 Å². The minimum atomic E-state index is 0.0544. The van der Waals surface area contributed by atoms with Gasteiger partial charge in [0.25, 0.3) is 0 Å². The van der Waals surface area contributed by atoms with E-state index in [2.05, 4.69) is 61.9 Å². The van der Waals surface area contributed by atoms with Gasteiger partial charge in [0.15, 0.2) is 0 Å². The third kappa shape index (κ3) is 2.36. The van der Waals surface area contributed by atoms with E-state index in [9.17, 15) is 0 Å².